The van der Waals surface area contributed by atoms with Crippen molar-refractivity contribution in [2.75, 3.05) is 13.9 Å². The molecular formula is C26H21NO5S2. The number of ether oxygens (including phenoxy) is 4. The third-order valence-electron chi connectivity index (χ3n) is 5.37. The van der Waals surface area contributed by atoms with Crippen LogP contribution in [0.5, 0.6) is 23.0 Å². The molecule has 0 N–H and O–H groups in total. The van der Waals surface area contributed by atoms with E-state index in [-0.39, 0.29) is 12.7 Å². The molecule has 1 fully saturated rings. The first-order valence-electron chi connectivity index (χ1n) is 10.6. The molecular weight excluding hydrogens is 470 g/mol. The zero-order chi connectivity index (χ0) is 23.5. The molecule has 34 heavy (non-hydrogen) atoms. The second kappa shape index (κ2) is 9.79. The van der Waals surface area contributed by atoms with Gasteiger partial charge >= 0.3 is 0 Å². The molecule has 0 bridgehead atoms. The summed E-state index contributed by atoms with van der Waals surface area (Å²) in [5, 5.41) is 0. The number of benzene rings is 3. The molecule has 3 aromatic carbocycles. The number of hydrogen-bond donors (Lipinski definition) is 0. The van der Waals surface area contributed by atoms with Crippen molar-refractivity contribution in [3.05, 3.63) is 88.3 Å². The van der Waals surface area contributed by atoms with E-state index in [1.54, 1.807) is 12.0 Å². The smallest absolute Gasteiger partial charge is 0.266 e. The van der Waals surface area contributed by atoms with Gasteiger partial charge in [0.25, 0.3) is 5.91 Å². The molecule has 172 valence electrons. The highest BCUT2D eigenvalue weighted by Gasteiger charge is 2.32. The van der Waals surface area contributed by atoms with E-state index in [1.807, 2.05) is 72.8 Å². The Hall–Kier alpha value is -3.49. The number of methoxy groups -OCH3 is 1. The summed E-state index contributed by atoms with van der Waals surface area (Å²) in [6, 6.07) is 21.2. The van der Waals surface area contributed by atoms with Gasteiger partial charge < -0.3 is 18.9 Å². The van der Waals surface area contributed by atoms with Crippen molar-refractivity contribution in [3.63, 3.8) is 0 Å². The lowest BCUT2D eigenvalue weighted by molar-refractivity contribution is -0.122. The summed E-state index contributed by atoms with van der Waals surface area (Å²) in [5.41, 5.74) is 2.82. The van der Waals surface area contributed by atoms with Gasteiger partial charge in [-0.3, -0.25) is 9.69 Å². The molecule has 1 amide bonds. The van der Waals surface area contributed by atoms with Crippen molar-refractivity contribution >= 4 is 40.3 Å². The number of nitrogens with zero attached hydrogens (tertiary/aromatic N) is 1. The average molecular weight is 492 g/mol. The maximum Gasteiger partial charge on any atom is 0.266 e. The highest BCUT2D eigenvalue weighted by Crippen LogP contribution is 2.37. The van der Waals surface area contributed by atoms with Crippen molar-refractivity contribution in [1.29, 1.82) is 0 Å². The summed E-state index contributed by atoms with van der Waals surface area (Å²) in [6.07, 6.45) is 1.82. The summed E-state index contributed by atoms with van der Waals surface area (Å²) in [6.45, 7) is 1.02. The third kappa shape index (κ3) is 4.73. The van der Waals surface area contributed by atoms with Gasteiger partial charge in [0, 0.05) is 0 Å². The van der Waals surface area contributed by atoms with Gasteiger partial charge in [0.1, 0.15) is 10.9 Å². The van der Waals surface area contributed by atoms with Crippen LogP contribution in [0.1, 0.15) is 16.7 Å². The standard InChI is InChI=1S/C26H21NO5S2/c1-29-22-11-18(7-9-20(22)30-15-17-5-3-2-4-6-17)13-24-25(28)27(26(33)34-24)14-19-8-10-21-23(12-19)32-16-31-21/h2-13H,14-16H2,1H3. The number of thioether (sulfide) groups is 1. The fourth-order valence-corrected chi connectivity index (χ4v) is 4.89. The van der Waals surface area contributed by atoms with E-state index in [9.17, 15) is 4.79 Å². The van der Waals surface area contributed by atoms with Gasteiger partial charge in [-0.25, -0.2) is 0 Å². The van der Waals surface area contributed by atoms with Crippen LogP contribution in [0.4, 0.5) is 0 Å². The molecule has 8 heteroatoms. The Labute approximate surface area is 207 Å². The zero-order valence-corrected chi connectivity index (χ0v) is 20.0. The topological polar surface area (TPSA) is 57.2 Å². The minimum Gasteiger partial charge on any atom is -0.493 e. The number of amides is 1. The number of fused-ring (bicyclic) bond motifs is 1. The maximum absolute atomic E-state index is 13.1. The summed E-state index contributed by atoms with van der Waals surface area (Å²) in [4.78, 5) is 15.2. The van der Waals surface area contributed by atoms with Crippen LogP contribution in [0.3, 0.4) is 0 Å². The maximum atomic E-state index is 13.1. The van der Waals surface area contributed by atoms with Crippen molar-refractivity contribution in [2.45, 2.75) is 13.2 Å². The second-order valence-electron chi connectivity index (χ2n) is 7.64. The molecule has 0 saturated carbocycles. The first kappa shape index (κ1) is 22.3. The quantitative estimate of drug-likeness (QED) is 0.324. The SMILES string of the molecule is COc1cc(C=C2SC(=S)N(Cc3ccc4c(c3)OCO4)C2=O)ccc1OCc1ccccc1. The van der Waals surface area contributed by atoms with Gasteiger partial charge in [0.05, 0.1) is 18.6 Å². The number of carbonyl (C=O) groups is 1. The van der Waals surface area contributed by atoms with Crippen LogP contribution in [0.15, 0.2) is 71.6 Å². The molecule has 2 aliphatic heterocycles. The van der Waals surface area contributed by atoms with Crippen LogP contribution >= 0.6 is 24.0 Å². The van der Waals surface area contributed by atoms with Crippen molar-refractivity contribution < 1.29 is 23.7 Å². The van der Waals surface area contributed by atoms with Gasteiger partial charge in [0.2, 0.25) is 6.79 Å². The van der Waals surface area contributed by atoms with Gasteiger partial charge in [-0.15, -0.1) is 0 Å². The first-order chi connectivity index (χ1) is 16.6. The van der Waals surface area contributed by atoms with E-state index >= 15 is 0 Å². The molecule has 6 nitrogen and oxygen atoms in total. The largest absolute Gasteiger partial charge is 0.493 e. The highest BCUT2D eigenvalue weighted by atomic mass is 32.2. The molecule has 3 aromatic rings. The summed E-state index contributed by atoms with van der Waals surface area (Å²) >= 11 is 6.77. The predicted octanol–water partition coefficient (Wildman–Crippen LogP) is 5.40. The molecule has 1 saturated heterocycles. The van der Waals surface area contributed by atoms with E-state index in [0.29, 0.717) is 45.4 Å². The first-order valence-corrected chi connectivity index (χ1v) is 11.8. The lowest BCUT2D eigenvalue weighted by Crippen LogP contribution is -2.27. The average Bonchev–Trinajstić information content (AvgIpc) is 3.43. The fourth-order valence-electron chi connectivity index (χ4n) is 3.64. The van der Waals surface area contributed by atoms with E-state index in [4.69, 9.17) is 31.2 Å². The van der Waals surface area contributed by atoms with Crippen LogP contribution in [0, 0.1) is 0 Å². The Bertz CT molecular complexity index is 1280. The van der Waals surface area contributed by atoms with E-state index in [1.165, 1.54) is 11.8 Å². The zero-order valence-electron chi connectivity index (χ0n) is 18.4. The molecule has 0 unspecified atom stereocenters. The Kier molecular flexibility index (Phi) is 6.42. The Morgan fingerprint density at radius 2 is 1.82 bits per heavy atom. The summed E-state index contributed by atoms with van der Waals surface area (Å²) in [5.74, 6) is 2.50. The van der Waals surface area contributed by atoms with Crippen LogP contribution in [-0.4, -0.2) is 29.0 Å². The summed E-state index contributed by atoms with van der Waals surface area (Å²) in [7, 11) is 1.60. The molecule has 0 atom stereocenters. The van der Waals surface area contributed by atoms with E-state index in [2.05, 4.69) is 0 Å². The molecule has 0 aromatic heterocycles. The highest BCUT2D eigenvalue weighted by molar-refractivity contribution is 8.26. The molecule has 2 aliphatic rings. The van der Waals surface area contributed by atoms with Gasteiger partial charge in [0.15, 0.2) is 23.0 Å². The lowest BCUT2D eigenvalue weighted by Gasteiger charge is -2.14. The van der Waals surface area contributed by atoms with Crippen LogP contribution in [-0.2, 0) is 17.9 Å². The number of carbonyl (C=O) groups excluding carboxylic acids is 1. The van der Waals surface area contributed by atoms with E-state index < -0.39 is 0 Å². The fraction of sp³-hybridized carbons (Fsp3) is 0.154. The Balaban J connectivity index is 1.30. The lowest BCUT2D eigenvalue weighted by atomic mass is 10.1. The van der Waals surface area contributed by atoms with E-state index in [0.717, 1.165) is 16.7 Å². The predicted molar refractivity (Wildman–Crippen MR) is 135 cm³/mol. The Morgan fingerprint density at radius 3 is 2.65 bits per heavy atom. The normalized spacial score (nSPS) is 15.8. The van der Waals surface area contributed by atoms with Crippen LogP contribution < -0.4 is 18.9 Å². The van der Waals surface area contributed by atoms with Crippen molar-refractivity contribution in [1.82, 2.24) is 4.90 Å². The molecule has 2 heterocycles. The van der Waals surface area contributed by atoms with Crippen molar-refractivity contribution in [3.8, 4) is 23.0 Å². The minimum atomic E-state index is -0.129. The van der Waals surface area contributed by atoms with Crippen molar-refractivity contribution in [2.24, 2.45) is 0 Å². The molecule has 5 rings (SSSR count). The molecule has 0 spiro atoms. The second-order valence-corrected chi connectivity index (χ2v) is 9.32. The third-order valence-corrected chi connectivity index (χ3v) is 6.75. The number of thiocarbonyl (C=S) groups is 1. The minimum absolute atomic E-state index is 0.129. The van der Waals surface area contributed by atoms with Crippen LogP contribution in [0.2, 0.25) is 0 Å². The number of rotatable bonds is 7. The van der Waals surface area contributed by atoms with Gasteiger partial charge in [-0.2, -0.15) is 0 Å². The monoisotopic (exact) mass is 491 g/mol. The van der Waals surface area contributed by atoms with Gasteiger partial charge in [-0.1, -0.05) is 66.4 Å². The van der Waals surface area contributed by atoms with Gasteiger partial charge in [-0.05, 0) is 47.0 Å². The summed E-state index contributed by atoms with van der Waals surface area (Å²) < 4.78 is 22.8. The van der Waals surface area contributed by atoms with Crippen LogP contribution in [0.25, 0.3) is 6.08 Å². The Morgan fingerprint density at radius 1 is 1.00 bits per heavy atom. The molecule has 0 aliphatic carbocycles. The number of hydrogen-bond acceptors (Lipinski definition) is 7. The molecule has 0 radical (unpaired) electrons.